The van der Waals surface area contributed by atoms with E-state index in [0.717, 1.165) is 16.5 Å². The lowest BCUT2D eigenvalue weighted by Crippen LogP contribution is -2.00. The average Bonchev–Trinajstić information content (AvgIpc) is 2.31. The highest BCUT2D eigenvalue weighted by atomic mass is 35.5. The zero-order chi connectivity index (χ0) is 12.4. The Balaban J connectivity index is 2.51. The fourth-order valence-electron chi connectivity index (χ4n) is 1.68. The summed E-state index contributed by atoms with van der Waals surface area (Å²) in [5, 5.41) is 11.3. The van der Waals surface area contributed by atoms with Crippen LogP contribution in [0.15, 0.2) is 24.4 Å². The maximum absolute atomic E-state index is 10.6. The number of aryl methyl sites for hydroxylation is 1. The third-order valence-electron chi connectivity index (χ3n) is 2.49. The summed E-state index contributed by atoms with van der Waals surface area (Å²) < 4.78 is 0. The Kier molecular flexibility index (Phi) is 3.50. The van der Waals surface area contributed by atoms with Crippen molar-refractivity contribution >= 4 is 39.9 Å². The molecule has 3 nitrogen and oxygen atoms in total. The number of carboxylic acids is 1. The van der Waals surface area contributed by atoms with Crippen molar-refractivity contribution in [2.45, 2.75) is 12.8 Å². The minimum Gasteiger partial charge on any atom is -0.481 e. The van der Waals surface area contributed by atoms with E-state index in [2.05, 4.69) is 4.98 Å². The van der Waals surface area contributed by atoms with Gasteiger partial charge in [-0.2, -0.15) is 0 Å². The summed E-state index contributed by atoms with van der Waals surface area (Å²) >= 11 is 12.0. The first-order chi connectivity index (χ1) is 8.09. The molecule has 0 saturated carbocycles. The first-order valence-corrected chi connectivity index (χ1v) is 5.78. The van der Waals surface area contributed by atoms with Gasteiger partial charge in [0.15, 0.2) is 0 Å². The molecule has 88 valence electrons. The van der Waals surface area contributed by atoms with Gasteiger partial charge in [-0.1, -0.05) is 29.3 Å². The maximum atomic E-state index is 10.6. The van der Waals surface area contributed by atoms with E-state index in [1.54, 1.807) is 18.3 Å². The van der Waals surface area contributed by atoms with E-state index in [1.807, 2.05) is 6.07 Å². The SMILES string of the molecule is O=C(O)CCc1nccc2c(Cl)c(Cl)ccc12. The smallest absolute Gasteiger partial charge is 0.303 e. The number of aliphatic carboxylic acids is 1. The molecule has 0 spiro atoms. The molecule has 0 atom stereocenters. The second-order valence-electron chi connectivity index (χ2n) is 3.61. The van der Waals surface area contributed by atoms with Gasteiger partial charge in [-0.15, -0.1) is 0 Å². The van der Waals surface area contributed by atoms with Crippen LogP contribution in [0.1, 0.15) is 12.1 Å². The normalized spacial score (nSPS) is 10.7. The van der Waals surface area contributed by atoms with Crippen LogP contribution in [0.25, 0.3) is 10.8 Å². The van der Waals surface area contributed by atoms with Crippen molar-refractivity contribution in [1.82, 2.24) is 4.98 Å². The minimum atomic E-state index is -0.844. The average molecular weight is 270 g/mol. The molecule has 0 saturated heterocycles. The van der Waals surface area contributed by atoms with E-state index in [-0.39, 0.29) is 6.42 Å². The molecule has 1 aromatic heterocycles. The number of hydrogen-bond acceptors (Lipinski definition) is 2. The van der Waals surface area contributed by atoms with Crippen LogP contribution < -0.4 is 0 Å². The zero-order valence-electron chi connectivity index (χ0n) is 8.78. The Morgan fingerprint density at radius 1 is 1.24 bits per heavy atom. The van der Waals surface area contributed by atoms with Crippen molar-refractivity contribution in [3.63, 3.8) is 0 Å². The van der Waals surface area contributed by atoms with Crippen molar-refractivity contribution < 1.29 is 9.90 Å². The fourth-order valence-corrected chi connectivity index (χ4v) is 2.07. The number of nitrogens with zero attached hydrogens (tertiary/aromatic N) is 1. The second kappa shape index (κ2) is 4.90. The van der Waals surface area contributed by atoms with Crippen molar-refractivity contribution in [3.05, 3.63) is 40.1 Å². The number of carbonyl (C=O) groups is 1. The highest BCUT2D eigenvalue weighted by Gasteiger charge is 2.09. The fraction of sp³-hybridized carbons (Fsp3) is 0.167. The largest absolute Gasteiger partial charge is 0.481 e. The molecule has 0 radical (unpaired) electrons. The van der Waals surface area contributed by atoms with Gasteiger partial charge in [-0.25, -0.2) is 0 Å². The highest BCUT2D eigenvalue weighted by Crippen LogP contribution is 2.31. The molecule has 0 aliphatic rings. The van der Waals surface area contributed by atoms with Crippen LogP contribution in [0.4, 0.5) is 0 Å². The van der Waals surface area contributed by atoms with E-state index in [9.17, 15) is 4.79 Å². The summed E-state index contributed by atoms with van der Waals surface area (Å²) in [4.78, 5) is 14.7. The number of aromatic nitrogens is 1. The van der Waals surface area contributed by atoms with Gasteiger partial charge in [-0.05, 0) is 12.1 Å². The lowest BCUT2D eigenvalue weighted by Gasteiger charge is -2.06. The van der Waals surface area contributed by atoms with Gasteiger partial charge < -0.3 is 5.11 Å². The quantitative estimate of drug-likeness (QED) is 0.927. The van der Waals surface area contributed by atoms with Crippen LogP contribution in [0, 0.1) is 0 Å². The van der Waals surface area contributed by atoms with Crippen molar-refractivity contribution in [2.75, 3.05) is 0 Å². The Hall–Kier alpha value is -1.32. The number of rotatable bonds is 3. The van der Waals surface area contributed by atoms with Crippen LogP contribution in [0.2, 0.25) is 10.0 Å². The summed E-state index contributed by atoms with van der Waals surface area (Å²) in [5.41, 5.74) is 0.725. The van der Waals surface area contributed by atoms with Gasteiger partial charge in [0, 0.05) is 29.1 Å². The van der Waals surface area contributed by atoms with Gasteiger partial charge in [0.05, 0.1) is 16.5 Å². The Labute approximate surface area is 108 Å². The Morgan fingerprint density at radius 2 is 2.00 bits per heavy atom. The molecule has 1 aromatic carbocycles. The maximum Gasteiger partial charge on any atom is 0.303 e. The van der Waals surface area contributed by atoms with Crippen LogP contribution in [0.3, 0.4) is 0 Å². The van der Waals surface area contributed by atoms with Crippen molar-refractivity contribution in [1.29, 1.82) is 0 Å². The number of pyridine rings is 1. The van der Waals surface area contributed by atoms with E-state index in [0.29, 0.717) is 16.5 Å². The Morgan fingerprint density at radius 3 is 2.71 bits per heavy atom. The molecule has 5 heteroatoms. The third-order valence-corrected chi connectivity index (χ3v) is 3.31. The molecular formula is C12H9Cl2NO2. The van der Waals surface area contributed by atoms with Gasteiger partial charge in [0.1, 0.15) is 0 Å². The predicted octanol–water partition coefficient (Wildman–Crippen LogP) is 3.56. The first kappa shape index (κ1) is 12.1. The topological polar surface area (TPSA) is 50.2 Å². The molecule has 0 aliphatic heterocycles. The van der Waals surface area contributed by atoms with Crippen molar-refractivity contribution in [2.24, 2.45) is 0 Å². The molecule has 0 amide bonds. The molecule has 1 N–H and O–H groups in total. The van der Waals surface area contributed by atoms with Crippen molar-refractivity contribution in [3.8, 4) is 0 Å². The van der Waals surface area contributed by atoms with E-state index in [4.69, 9.17) is 28.3 Å². The summed E-state index contributed by atoms with van der Waals surface area (Å²) in [7, 11) is 0. The first-order valence-electron chi connectivity index (χ1n) is 5.03. The number of benzene rings is 1. The summed E-state index contributed by atoms with van der Waals surface area (Å²) in [6.07, 6.45) is 2.04. The van der Waals surface area contributed by atoms with Gasteiger partial charge >= 0.3 is 5.97 Å². The summed E-state index contributed by atoms with van der Waals surface area (Å²) in [6, 6.07) is 5.28. The molecular weight excluding hydrogens is 261 g/mol. The monoisotopic (exact) mass is 269 g/mol. The molecule has 1 heterocycles. The lowest BCUT2D eigenvalue weighted by molar-refractivity contribution is -0.136. The summed E-state index contributed by atoms with van der Waals surface area (Å²) in [5.74, 6) is -0.844. The number of carboxylic acid groups (broad SMARTS) is 1. The standard InChI is InChI=1S/C12H9Cl2NO2/c13-9-2-1-7-8(12(9)14)5-6-15-10(7)3-4-11(16)17/h1-2,5-6H,3-4H2,(H,16,17). The molecule has 2 rings (SSSR count). The molecule has 17 heavy (non-hydrogen) atoms. The van der Waals surface area contributed by atoms with Crippen LogP contribution >= 0.6 is 23.2 Å². The minimum absolute atomic E-state index is 0.0480. The molecule has 0 bridgehead atoms. The van der Waals surface area contributed by atoms with E-state index >= 15 is 0 Å². The van der Waals surface area contributed by atoms with E-state index < -0.39 is 5.97 Å². The number of halogens is 2. The zero-order valence-corrected chi connectivity index (χ0v) is 10.3. The lowest BCUT2D eigenvalue weighted by atomic mass is 10.1. The molecule has 2 aromatic rings. The third kappa shape index (κ3) is 2.51. The molecule has 0 fully saturated rings. The number of fused-ring (bicyclic) bond motifs is 1. The molecule has 0 aliphatic carbocycles. The van der Waals surface area contributed by atoms with Gasteiger partial charge in [0.2, 0.25) is 0 Å². The summed E-state index contributed by atoms with van der Waals surface area (Å²) in [6.45, 7) is 0. The van der Waals surface area contributed by atoms with Gasteiger partial charge in [-0.3, -0.25) is 9.78 Å². The number of hydrogen-bond donors (Lipinski definition) is 1. The highest BCUT2D eigenvalue weighted by molar-refractivity contribution is 6.45. The van der Waals surface area contributed by atoms with E-state index in [1.165, 1.54) is 0 Å². The van der Waals surface area contributed by atoms with Gasteiger partial charge in [0.25, 0.3) is 0 Å². The van der Waals surface area contributed by atoms with Crippen LogP contribution in [0.5, 0.6) is 0 Å². The van der Waals surface area contributed by atoms with Crippen LogP contribution in [-0.2, 0) is 11.2 Å². The Bertz CT molecular complexity index is 584. The second-order valence-corrected chi connectivity index (χ2v) is 4.39. The van der Waals surface area contributed by atoms with Crippen LogP contribution in [-0.4, -0.2) is 16.1 Å². The predicted molar refractivity (Wildman–Crippen MR) is 67.7 cm³/mol. The molecule has 0 unspecified atom stereocenters.